The molecule has 0 radical (unpaired) electrons. The second-order valence-electron chi connectivity index (χ2n) is 7.31. The van der Waals surface area contributed by atoms with Crippen molar-refractivity contribution in [2.24, 2.45) is 0 Å². The van der Waals surface area contributed by atoms with Gasteiger partial charge in [-0.25, -0.2) is 9.97 Å². The quantitative estimate of drug-likeness (QED) is 0.277. The van der Waals surface area contributed by atoms with Crippen LogP contribution >= 0.6 is 23.1 Å². The molecule has 10 heteroatoms. The maximum absolute atomic E-state index is 13.4. The second-order valence-corrected chi connectivity index (χ2v) is 9.33. The summed E-state index contributed by atoms with van der Waals surface area (Å²) < 4.78 is 19.1. The highest BCUT2D eigenvalue weighted by Gasteiger charge is 2.22. The molecule has 2 aromatic heterocycles. The number of carbonyl (C=O) groups is 1. The van der Waals surface area contributed by atoms with E-state index in [-0.39, 0.29) is 5.91 Å². The lowest BCUT2D eigenvalue weighted by Gasteiger charge is -2.20. The Morgan fingerprint density at radius 3 is 2.50 bits per heavy atom. The molecule has 0 saturated carbocycles. The molecule has 34 heavy (non-hydrogen) atoms. The second kappa shape index (κ2) is 11.3. The van der Waals surface area contributed by atoms with Crippen LogP contribution < -0.4 is 19.1 Å². The van der Waals surface area contributed by atoms with Gasteiger partial charge in [0.2, 0.25) is 5.91 Å². The number of hydrogen-bond donors (Lipinski definition) is 0. The van der Waals surface area contributed by atoms with Crippen LogP contribution in [-0.4, -0.2) is 54.1 Å². The minimum Gasteiger partial charge on any atom is -0.497 e. The van der Waals surface area contributed by atoms with Gasteiger partial charge in [0.1, 0.15) is 27.5 Å². The number of thiazole rings is 1. The molecule has 0 aliphatic rings. The molecule has 4 aromatic rings. The highest BCUT2D eigenvalue weighted by Crippen LogP contribution is 2.40. The van der Waals surface area contributed by atoms with Crippen molar-refractivity contribution in [3.8, 4) is 17.2 Å². The zero-order chi connectivity index (χ0) is 23.9. The number of aryl methyl sites for hydroxylation is 1. The van der Waals surface area contributed by atoms with E-state index in [9.17, 15) is 4.79 Å². The van der Waals surface area contributed by atoms with Crippen molar-refractivity contribution < 1.29 is 19.0 Å². The van der Waals surface area contributed by atoms with Crippen LogP contribution in [0.4, 0.5) is 5.13 Å². The van der Waals surface area contributed by atoms with Gasteiger partial charge in [-0.1, -0.05) is 11.3 Å². The molecular weight excluding hydrogens is 472 g/mol. The molecule has 0 fully saturated rings. The number of ether oxygens (including phenoxy) is 3. The van der Waals surface area contributed by atoms with Crippen molar-refractivity contribution in [2.45, 2.75) is 17.9 Å². The minimum atomic E-state index is -0.0107. The zero-order valence-electron chi connectivity index (χ0n) is 19.3. The number of fused-ring (bicyclic) bond motifs is 1. The summed E-state index contributed by atoms with van der Waals surface area (Å²) in [6, 6.07) is 11.4. The third kappa shape index (κ3) is 5.45. The number of aromatic nitrogens is 3. The summed E-state index contributed by atoms with van der Waals surface area (Å²) in [7, 11) is 4.87. The Kier molecular flexibility index (Phi) is 7.91. The van der Waals surface area contributed by atoms with Crippen molar-refractivity contribution in [1.29, 1.82) is 0 Å². The molecule has 0 aliphatic carbocycles. The summed E-state index contributed by atoms with van der Waals surface area (Å²) in [5, 5.41) is 0.628. The Labute approximate surface area is 206 Å². The smallest absolute Gasteiger partial charge is 0.239 e. The number of carbonyl (C=O) groups excluding carboxylic acids is 1. The summed E-state index contributed by atoms with van der Waals surface area (Å²) in [6.45, 7) is 1.29. The molecule has 0 spiro atoms. The molecular formula is C24H26N4O4S2. The van der Waals surface area contributed by atoms with E-state index in [1.807, 2.05) is 47.2 Å². The van der Waals surface area contributed by atoms with E-state index in [1.54, 1.807) is 38.8 Å². The highest BCUT2D eigenvalue weighted by atomic mass is 32.2. The van der Waals surface area contributed by atoms with Gasteiger partial charge in [-0.3, -0.25) is 9.69 Å². The summed E-state index contributed by atoms with van der Waals surface area (Å²) in [4.78, 5) is 25.0. The van der Waals surface area contributed by atoms with Gasteiger partial charge in [-0.05, 0) is 42.8 Å². The molecule has 0 saturated heterocycles. The van der Waals surface area contributed by atoms with E-state index in [1.165, 1.54) is 23.1 Å². The van der Waals surface area contributed by atoms with Gasteiger partial charge >= 0.3 is 0 Å². The van der Waals surface area contributed by atoms with Crippen LogP contribution in [-0.2, 0) is 11.3 Å². The van der Waals surface area contributed by atoms with E-state index in [4.69, 9.17) is 19.2 Å². The maximum atomic E-state index is 13.4. The molecule has 0 unspecified atom stereocenters. The first-order chi connectivity index (χ1) is 16.6. The largest absolute Gasteiger partial charge is 0.497 e. The maximum Gasteiger partial charge on any atom is 0.239 e. The molecule has 0 bridgehead atoms. The van der Waals surface area contributed by atoms with Crippen LogP contribution in [0.15, 0.2) is 60.0 Å². The van der Waals surface area contributed by atoms with Gasteiger partial charge in [0, 0.05) is 30.4 Å². The van der Waals surface area contributed by atoms with Crippen LogP contribution in [0.5, 0.6) is 17.2 Å². The summed E-state index contributed by atoms with van der Waals surface area (Å²) in [5.41, 5.74) is 0.692. The normalized spacial score (nSPS) is 10.9. The molecule has 0 N–H and O–H groups in total. The van der Waals surface area contributed by atoms with Gasteiger partial charge in [-0.15, -0.1) is 11.8 Å². The number of nitrogens with zero attached hydrogens (tertiary/aromatic N) is 4. The van der Waals surface area contributed by atoms with Gasteiger partial charge in [0.15, 0.2) is 5.13 Å². The summed E-state index contributed by atoms with van der Waals surface area (Å²) in [5.74, 6) is 2.43. The van der Waals surface area contributed by atoms with E-state index >= 15 is 0 Å². The third-order valence-corrected chi connectivity index (χ3v) is 7.30. The number of benzene rings is 2. The Bertz CT molecular complexity index is 1180. The number of thioether (sulfide) groups is 1. The van der Waals surface area contributed by atoms with E-state index in [0.717, 1.165) is 28.3 Å². The lowest BCUT2D eigenvalue weighted by molar-refractivity contribution is -0.116. The predicted molar refractivity (Wildman–Crippen MR) is 136 cm³/mol. The molecule has 8 nitrogen and oxygen atoms in total. The Morgan fingerprint density at radius 1 is 1.06 bits per heavy atom. The lowest BCUT2D eigenvalue weighted by atomic mass is 10.3. The number of hydrogen-bond acceptors (Lipinski definition) is 8. The van der Waals surface area contributed by atoms with Crippen LogP contribution in [0.2, 0.25) is 0 Å². The molecule has 2 heterocycles. The first kappa shape index (κ1) is 23.9. The van der Waals surface area contributed by atoms with Gasteiger partial charge in [0.25, 0.3) is 0 Å². The SMILES string of the molecule is COc1ccc(SCC(=O)N(CCCn2ccnc2)c2nc3c(OC)ccc(OC)c3s2)cc1. The molecule has 0 aliphatic heterocycles. The van der Waals surface area contributed by atoms with Crippen molar-refractivity contribution in [2.75, 3.05) is 38.5 Å². The first-order valence-corrected chi connectivity index (χ1v) is 12.5. The Balaban J connectivity index is 1.56. The van der Waals surface area contributed by atoms with Crippen molar-refractivity contribution >= 4 is 44.4 Å². The van der Waals surface area contributed by atoms with E-state index in [2.05, 4.69) is 4.98 Å². The van der Waals surface area contributed by atoms with Crippen molar-refractivity contribution in [3.63, 3.8) is 0 Å². The fourth-order valence-electron chi connectivity index (χ4n) is 3.44. The van der Waals surface area contributed by atoms with Crippen LogP contribution in [0.3, 0.4) is 0 Å². The summed E-state index contributed by atoms with van der Waals surface area (Å²) >= 11 is 2.92. The van der Waals surface area contributed by atoms with Crippen LogP contribution in [0.25, 0.3) is 10.2 Å². The average molecular weight is 499 g/mol. The molecule has 2 aromatic carbocycles. The van der Waals surface area contributed by atoms with Crippen LogP contribution in [0.1, 0.15) is 6.42 Å². The monoisotopic (exact) mass is 498 g/mol. The average Bonchev–Trinajstić information content (AvgIpc) is 3.55. The predicted octanol–water partition coefficient (Wildman–Crippen LogP) is 4.73. The minimum absolute atomic E-state index is 0.0107. The lowest BCUT2D eigenvalue weighted by Crippen LogP contribution is -2.33. The third-order valence-electron chi connectivity index (χ3n) is 5.21. The van der Waals surface area contributed by atoms with Gasteiger partial charge in [-0.2, -0.15) is 0 Å². The zero-order valence-corrected chi connectivity index (χ0v) is 20.9. The van der Waals surface area contributed by atoms with Gasteiger partial charge < -0.3 is 18.8 Å². The number of imidazole rings is 1. The van der Waals surface area contributed by atoms with Crippen molar-refractivity contribution in [3.05, 3.63) is 55.1 Å². The van der Waals surface area contributed by atoms with E-state index in [0.29, 0.717) is 34.4 Å². The molecule has 0 atom stereocenters. The molecule has 1 amide bonds. The standard InChI is InChI=1S/C24H26N4O4S2/c1-30-17-5-7-18(8-6-17)33-15-21(29)28(13-4-12-27-14-11-25-16-27)24-26-22-19(31-2)9-10-20(32-3)23(22)34-24/h5-11,14,16H,4,12-13,15H2,1-3H3. The first-order valence-electron chi connectivity index (χ1n) is 10.7. The van der Waals surface area contributed by atoms with E-state index < -0.39 is 0 Å². The number of methoxy groups -OCH3 is 3. The summed E-state index contributed by atoms with van der Waals surface area (Å²) in [6.07, 6.45) is 6.21. The fraction of sp³-hybridized carbons (Fsp3) is 0.292. The highest BCUT2D eigenvalue weighted by molar-refractivity contribution is 8.00. The molecule has 4 rings (SSSR count). The fourth-order valence-corrected chi connectivity index (χ4v) is 5.33. The molecule has 178 valence electrons. The van der Waals surface area contributed by atoms with Crippen molar-refractivity contribution in [1.82, 2.24) is 14.5 Å². The van der Waals surface area contributed by atoms with Crippen LogP contribution in [0, 0.1) is 0 Å². The Morgan fingerprint density at radius 2 is 1.82 bits per heavy atom. The number of rotatable bonds is 11. The Hall–Kier alpha value is -3.24. The number of amides is 1. The topological polar surface area (TPSA) is 78.7 Å². The number of anilines is 1. The van der Waals surface area contributed by atoms with Gasteiger partial charge in [0.05, 0.1) is 33.4 Å².